The Kier molecular flexibility index (Phi) is 4.80. The zero-order valence-corrected chi connectivity index (χ0v) is 12.2. The van der Waals surface area contributed by atoms with E-state index in [2.05, 4.69) is 53.2 Å². The van der Waals surface area contributed by atoms with Crippen LogP contribution in [0, 0.1) is 6.92 Å². The van der Waals surface area contributed by atoms with E-state index in [1.807, 2.05) is 13.0 Å². The van der Waals surface area contributed by atoms with Gasteiger partial charge in [0.2, 0.25) is 0 Å². The molecule has 0 radical (unpaired) electrons. The van der Waals surface area contributed by atoms with E-state index in [9.17, 15) is 0 Å². The van der Waals surface area contributed by atoms with Crippen LogP contribution in [0.4, 0.5) is 5.82 Å². The molecule has 0 saturated heterocycles. The molecular formula is C16H19ClN2. The van der Waals surface area contributed by atoms with Gasteiger partial charge in [-0.15, -0.1) is 11.6 Å². The SMILES string of the molecule is CCN(Cc1ccccc1)c1ccc(CCl)c(C)n1. The Morgan fingerprint density at radius 2 is 1.84 bits per heavy atom. The average Bonchev–Trinajstić information content (AvgIpc) is 2.46. The van der Waals surface area contributed by atoms with E-state index in [0.29, 0.717) is 5.88 Å². The number of halogens is 1. The van der Waals surface area contributed by atoms with E-state index in [4.69, 9.17) is 11.6 Å². The monoisotopic (exact) mass is 274 g/mol. The molecule has 1 heterocycles. The van der Waals surface area contributed by atoms with Crippen LogP contribution in [-0.2, 0) is 12.4 Å². The van der Waals surface area contributed by atoms with Crippen LogP contribution >= 0.6 is 11.6 Å². The highest BCUT2D eigenvalue weighted by molar-refractivity contribution is 6.17. The summed E-state index contributed by atoms with van der Waals surface area (Å²) in [5.74, 6) is 1.53. The van der Waals surface area contributed by atoms with Gasteiger partial charge in [0.1, 0.15) is 5.82 Å². The van der Waals surface area contributed by atoms with Gasteiger partial charge in [-0.1, -0.05) is 36.4 Å². The molecule has 0 spiro atoms. The Hall–Kier alpha value is -1.54. The van der Waals surface area contributed by atoms with Gasteiger partial charge in [-0.2, -0.15) is 0 Å². The van der Waals surface area contributed by atoms with Crippen molar-refractivity contribution in [2.75, 3.05) is 11.4 Å². The Balaban J connectivity index is 2.20. The van der Waals surface area contributed by atoms with E-state index in [0.717, 1.165) is 30.2 Å². The van der Waals surface area contributed by atoms with E-state index < -0.39 is 0 Å². The Bertz CT molecular complexity index is 526. The molecule has 1 aromatic heterocycles. The maximum atomic E-state index is 5.87. The maximum Gasteiger partial charge on any atom is 0.129 e. The van der Waals surface area contributed by atoms with Gasteiger partial charge in [-0.05, 0) is 31.0 Å². The first kappa shape index (κ1) is 13.9. The summed E-state index contributed by atoms with van der Waals surface area (Å²) < 4.78 is 0. The second-order valence-electron chi connectivity index (χ2n) is 4.55. The van der Waals surface area contributed by atoms with Crippen LogP contribution in [0.5, 0.6) is 0 Å². The van der Waals surface area contributed by atoms with Gasteiger partial charge in [0.15, 0.2) is 0 Å². The maximum absolute atomic E-state index is 5.87. The largest absolute Gasteiger partial charge is 0.353 e. The zero-order valence-electron chi connectivity index (χ0n) is 11.4. The van der Waals surface area contributed by atoms with Crippen LogP contribution in [0.1, 0.15) is 23.7 Å². The van der Waals surface area contributed by atoms with Gasteiger partial charge in [0.25, 0.3) is 0 Å². The average molecular weight is 275 g/mol. The number of rotatable bonds is 5. The van der Waals surface area contributed by atoms with E-state index >= 15 is 0 Å². The number of pyridine rings is 1. The lowest BCUT2D eigenvalue weighted by Crippen LogP contribution is -2.23. The summed E-state index contributed by atoms with van der Waals surface area (Å²) in [5, 5.41) is 0. The van der Waals surface area contributed by atoms with Crippen LogP contribution in [0.2, 0.25) is 0 Å². The first-order valence-electron chi connectivity index (χ1n) is 6.56. The second kappa shape index (κ2) is 6.58. The highest BCUT2D eigenvalue weighted by atomic mass is 35.5. The molecule has 3 heteroatoms. The van der Waals surface area contributed by atoms with E-state index in [1.54, 1.807) is 0 Å². The van der Waals surface area contributed by atoms with Crippen molar-refractivity contribution >= 4 is 17.4 Å². The van der Waals surface area contributed by atoms with Crippen molar-refractivity contribution in [3.8, 4) is 0 Å². The first-order valence-corrected chi connectivity index (χ1v) is 7.09. The third-order valence-corrected chi connectivity index (χ3v) is 3.53. The van der Waals surface area contributed by atoms with Crippen molar-refractivity contribution in [2.45, 2.75) is 26.3 Å². The number of benzene rings is 1. The first-order chi connectivity index (χ1) is 9.24. The standard InChI is InChI=1S/C16H19ClN2/c1-3-19(12-14-7-5-4-6-8-14)16-10-9-15(11-17)13(2)18-16/h4-10H,3,11-12H2,1-2H3. The van der Waals surface area contributed by atoms with Crippen LogP contribution < -0.4 is 4.90 Å². The fraction of sp³-hybridized carbons (Fsp3) is 0.312. The number of alkyl halides is 1. The minimum atomic E-state index is 0.518. The lowest BCUT2D eigenvalue weighted by atomic mass is 10.2. The molecular weight excluding hydrogens is 256 g/mol. The molecule has 0 aliphatic rings. The molecule has 0 unspecified atom stereocenters. The molecule has 2 aromatic rings. The molecule has 0 bridgehead atoms. The molecule has 0 aliphatic heterocycles. The van der Waals surface area contributed by atoms with E-state index in [-0.39, 0.29) is 0 Å². The smallest absolute Gasteiger partial charge is 0.129 e. The minimum absolute atomic E-state index is 0.518. The minimum Gasteiger partial charge on any atom is -0.353 e. The molecule has 1 aromatic carbocycles. The fourth-order valence-corrected chi connectivity index (χ4v) is 2.34. The van der Waals surface area contributed by atoms with Crippen molar-refractivity contribution in [2.24, 2.45) is 0 Å². The normalized spacial score (nSPS) is 10.5. The van der Waals surface area contributed by atoms with Crippen LogP contribution in [0.25, 0.3) is 0 Å². The van der Waals surface area contributed by atoms with Gasteiger partial charge >= 0.3 is 0 Å². The van der Waals surface area contributed by atoms with Crippen molar-refractivity contribution < 1.29 is 0 Å². The van der Waals surface area contributed by atoms with Crippen molar-refractivity contribution in [1.29, 1.82) is 0 Å². The molecule has 0 fully saturated rings. The number of hydrogen-bond acceptors (Lipinski definition) is 2. The van der Waals surface area contributed by atoms with Gasteiger partial charge in [0, 0.05) is 24.7 Å². The number of anilines is 1. The molecule has 2 nitrogen and oxygen atoms in total. The summed E-state index contributed by atoms with van der Waals surface area (Å²) in [6.07, 6.45) is 0. The highest BCUT2D eigenvalue weighted by Gasteiger charge is 2.08. The number of aromatic nitrogens is 1. The predicted octanol–water partition coefficient (Wildman–Crippen LogP) is 4.16. The highest BCUT2D eigenvalue weighted by Crippen LogP contribution is 2.18. The van der Waals surface area contributed by atoms with Crippen molar-refractivity contribution in [1.82, 2.24) is 4.98 Å². The topological polar surface area (TPSA) is 16.1 Å². The Morgan fingerprint density at radius 1 is 1.11 bits per heavy atom. The lowest BCUT2D eigenvalue weighted by molar-refractivity contribution is 0.809. The summed E-state index contributed by atoms with van der Waals surface area (Å²) in [7, 11) is 0. The molecule has 0 saturated carbocycles. The summed E-state index contributed by atoms with van der Waals surface area (Å²) in [4.78, 5) is 6.92. The summed E-state index contributed by atoms with van der Waals surface area (Å²) in [6, 6.07) is 14.6. The lowest BCUT2D eigenvalue weighted by Gasteiger charge is -2.23. The summed E-state index contributed by atoms with van der Waals surface area (Å²) >= 11 is 5.87. The van der Waals surface area contributed by atoms with Gasteiger partial charge in [-0.25, -0.2) is 4.98 Å². The molecule has 0 amide bonds. The fourth-order valence-electron chi connectivity index (χ4n) is 2.05. The van der Waals surface area contributed by atoms with Crippen LogP contribution in [0.3, 0.4) is 0 Å². The summed E-state index contributed by atoms with van der Waals surface area (Å²) in [6.45, 7) is 5.97. The van der Waals surface area contributed by atoms with Gasteiger partial charge < -0.3 is 4.90 Å². The van der Waals surface area contributed by atoms with Crippen LogP contribution in [0.15, 0.2) is 42.5 Å². The molecule has 2 rings (SSSR count). The van der Waals surface area contributed by atoms with Crippen LogP contribution in [-0.4, -0.2) is 11.5 Å². The Morgan fingerprint density at radius 3 is 2.42 bits per heavy atom. The molecule has 19 heavy (non-hydrogen) atoms. The Labute approximate surface area is 120 Å². The third kappa shape index (κ3) is 3.48. The molecule has 100 valence electrons. The molecule has 0 atom stereocenters. The van der Waals surface area contributed by atoms with Gasteiger partial charge in [0.05, 0.1) is 0 Å². The molecule has 0 N–H and O–H groups in total. The number of hydrogen-bond donors (Lipinski definition) is 0. The van der Waals surface area contributed by atoms with Gasteiger partial charge in [-0.3, -0.25) is 0 Å². The number of aryl methyl sites for hydroxylation is 1. The summed E-state index contributed by atoms with van der Waals surface area (Å²) in [5.41, 5.74) is 3.41. The third-order valence-electron chi connectivity index (χ3n) is 3.25. The zero-order chi connectivity index (χ0) is 13.7. The van der Waals surface area contributed by atoms with Crippen molar-refractivity contribution in [3.05, 3.63) is 59.3 Å². The predicted molar refractivity (Wildman–Crippen MR) is 81.7 cm³/mol. The molecule has 0 aliphatic carbocycles. The van der Waals surface area contributed by atoms with E-state index in [1.165, 1.54) is 5.56 Å². The van der Waals surface area contributed by atoms with Crippen molar-refractivity contribution in [3.63, 3.8) is 0 Å². The second-order valence-corrected chi connectivity index (χ2v) is 4.81. The number of nitrogens with zero attached hydrogens (tertiary/aromatic N) is 2. The quantitative estimate of drug-likeness (QED) is 0.761.